The molecule has 1 heterocycles. The fraction of sp³-hybridized carbons (Fsp3) is 0.375. The van der Waals surface area contributed by atoms with E-state index in [9.17, 15) is 4.79 Å². The van der Waals surface area contributed by atoms with Crippen LogP contribution in [0.2, 0.25) is 0 Å². The highest BCUT2D eigenvalue weighted by atomic mass is 16.1. The Hall–Kier alpha value is -1.90. The van der Waals surface area contributed by atoms with E-state index >= 15 is 0 Å². The Bertz CT molecular complexity index is 543. The van der Waals surface area contributed by atoms with Crippen LogP contribution in [0.25, 0.3) is 0 Å². The lowest BCUT2D eigenvalue weighted by atomic mass is 10.1. The minimum Gasteiger partial charge on any atom is -0.292 e. The zero-order chi connectivity index (χ0) is 13.7. The van der Waals surface area contributed by atoms with Gasteiger partial charge < -0.3 is 0 Å². The van der Waals surface area contributed by atoms with E-state index in [4.69, 9.17) is 0 Å². The quantitative estimate of drug-likeness (QED) is 0.743. The maximum atomic E-state index is 12.3. The molecule has 0 fully saturated rings. The number of carbonyl (C=O) groups is 1. The Morgan fingerprint density at radius 1 is 1.21 bits per heavy atom. The third-order valence-corrected chi connectivity index (χ3v) is 3.26. The lowest BCUT2D eigenvalue weighted by molar-refractivity contribution is 0.0972. The second-order valence-electron chi connectivity index (χ2n) is 4.60. The first kappa shape index (κ1) is 13.5. The van der Waals surface area contributed by atoms with Gasteiger partial charge in [0.2, 0.25) is 0 Å². The zero-order valence-electron chi connectivity index (χ0n) is 11.6. The van der Waals surface area contributed by atoms with Crippen LogP contribution in [0.4, 0.5) is 0 Å². The molecule has 0 aliphatic carbocycles. The van der Waals surface area contributed by atoms with E-state index in [0.29, 0.717) is 6.42 Å². The molecule has 1 aromatic carbocycles. The van der Waals surface area contributed by atoms with Gasteiger partial charge in [-0.1, -0.05) is 37.3 Å². The molecule has 3 heteroatoms. The minimum atomic E-state index is 0.179. The number of Topliss-reactive ketones (excluding diaryl/α,β-unsaturated/α-hetero) is 1. The van der Waals surface area contributed by atoms with Gasteiger partial charge in [-0.25, -0.2) is 0 Å². The normalized spacial score (nSPS) is 10.6. The van der Waals surface area contributed by atoms with Crippen molar-refractivity contribution in [1.82, 2.24) is 9.78 Å². The first-order valence-electron chi connectivity index (χ1n) is 6.88. The van der Waals surface area contributed by atoms with Crippen molar-refractivity contribution in [2.75, 3.05) is 0 Å². The van der Waals surface area contributed by atoms with Crippen LogP contribution in [-0.2, 0) is 19.4 Å². The summed E-state index contributed by atoms with van der Waals surface area (Å²) in [5, 5.41) is 4.42. The standard InChI is InChI=1S/C16H20N2O/c1-3-14-12-15(18(4-2)17-14)16(19)11-10-13-8-6-5-7-9-13/h5-9,12H,3-4,10-11H2,1-2H3. The summed E-state index contributed by atoms with van der Waals surface area (Å²) in [7, 11) is 0. The molecular formula is C16H20N2O. The highest BCUT2D eigenvalue weighted by Gasteiger charge is 2.13. The zero-order valence-corrected chi connectivity index (χ0v) is 11.6. The SMILES string of the molecule is CCc1cc(C(=O)CCc2ccccc2)n(CC)n1. The minimum absolute atomic E-state index is 0.179. The molecule has 0 bridgehead atoms. The van der Waals surface area contributed by atoms with Crippen LogP contribution in [-0.4, -0.2) is 15.6 Å². The Morgan fingerprint density at radius 3 is 2.58 bits per heavy atom. The summed E-state index contributed by atoms with van der Waals surface area (Å²) in [6.07, 6.45) is 2.20. The largest absolute Gasteiger partial charge is 0.292 e. The monoisotopic (exact) mass is 256 g/mol. The first-order chi connectivity index (χ1) is 9.24. The molecule has 0 N–H and O–H groups in total. The maximum Gasteiger partial charge on any atom is 0.181 e. The van der Waals surface area contributed by atoms with Crippen molar-refractivity contribution >= 4 is 5.78 Å². The van der Waals surface area contributed by atoms with Crippen LogP contribution in [0, 0.1) is 0 Å². The van der Waals surface area contributed by atoms with Crippen molar-refractivity contribution in [2.45, 2.75) is 39.7 Å². The van der Waals surface area contributed by atoms with E-state index in [1.807, 2.05) is 35.9 Å². The third-order valence-electron chi connectivity index (χ3n) is 3.26. The average Bonchev–Trinajstić information content (AvgIpc) is 2.89. The van der Waals surface area contributed by atoms with Crippen molar-refractivity contribution < 1.29 is 4.79 Å². The number of aryl methyl sites for hydroxylation is 3. The van der Waals surface area contributed by atoms with Crippen LogP contribution >= 0.6 is 0 Å². The molecular weight excluding hydrogens is 236 g/mol. The van der Waals surface area contributed by atoms with Crippen molar-refractivity contribution in [2.24, 2.45) is 0 Å². The maximum absolute atomic E-state index is 12.3. The number of benzene rings is 1. The van der Waals surface area contributed by atoms with Crippen molar-refractivity contribution in [3.63, 3.8) is 0 Å². The van der Waals surface area contributed by atoms with E-state index < -0.39 is 0 Å². The summed E-state index contributed by atoms with van der Waals surface area (Å²) in [5.41, 5.74) is 2.94. The van der Waals surface area contributed by atoms with Crippen LogP contribution in [0.5, 0.6) is 0 Å². The van der Waals surface area contributed by atoms with Crippen molar-refractivity contribution in [3.05, 3.63) is 53.3 Å². The molecule has 2 aromatic rings. The number of carbonyl (C=O) groups excluding carboxylic acids is 1. The van der Waals surface area contributed by atoms with Gasteiger partial charge in [0.1, 0.15) is 5.69 Å². The molecule has 0 spiro atoms. The number of ketones is 1. The van der Waals surface area contributed by atoms with E-state index in [2.05, 4.69) is 24.2 Å². The molecule has 1 aromatic heterocycles. The van der Waals surface area contributed by atoms with Crippen LogP contribution in [0.1, 0.15) is 42.0 Å². The van der Waals surface area contributed by atoms with Crippen molar-refractivity contribution in [3.8, 4) is 0 Å². The summed E-state index contributed by atoms with van der Waals surface area (Å²) in [4.78, 5) is 12.3. The van der Waals surface area contributed by atoms with Gasteiger partial charge in [0.05, 0.1) is 5.69 Å². The molecule has 0 unspecified atom stereocenters. The summed E-state index contributed by atoms with van der Waals surface area (Å²) >= 11 is 0. The second-order valence-corrected chi connectivity index (χ2v) is 4.60. The number of rotatable bonds is 6. The predicted molar refractivity (Wildman–Crippen MR) is 76.4 cm³/mol. The third kappa shape index (κ3) is 3.31. The molecule has 2 rings (SSSR count). The summed E-state index contributed by atoms with van der Waals surface area (Å²) < 4.78 is 1.81. The summed E-state index contributed by atoms with van der Waals surface area (Å²) in [6, 6.07) is 12.0. The van der Waals surface area contributed by atoms with Crippen molar-refractivity contribution in [1.29, 1.82) is 0 Å². The molecule has 0 radical (unpaired) electrons. The van der Waals surface area contributed by atoms with E-state index in [1.165, 1.54) is 5.56 Å². The molecule has 0 aliphatic heterocycles. The highest BCUT2D eigenvalue weighted by Crippen LogP contribution is 2.11. The topological polar surface area (TPSA) is 34.9 Å². The lowest BCUT2D eigenvalue weighted by Gasteiger charge is -2.04. The Labute approximate surface area is 114 Å². The van der Waals surface area contributed by atoms with Gasteiger partial charge in [0.25, 0.3) is 0 Å². The van der Waals surface area contributed by atoms with Crippen LogP contribution < -0.4 is 0 Å². The smallest absolute Gasteiger partial charge is 0.181 e. The van der Waals surface area contributed by atoms with Gasteiger partial charge in [0.15, 0.2) is 5.78 Å². The molecule has 100 valence electrons. The molecule has 0 aliphatic rings. The average molecular weight is 256 g/mol. The van der Waals surface area contributed by atoms with E-state index in [1.54, 1.807) is 0 Å². The molecule has 0 saturated carbocycles. The van der Waals surface area contributed by atoms with Crippen LogP contribution in [0.3, 0.4) is 0 Å². The van der Waals surface area contributed by atoms with Gasteiger partial charge in [0, 0.05) is 13.0 Å². The first-order valence-corrected chi connectivity index (χ1v) is 6.88. The highest BCUT2D eigenvalue weighted by molar-refractivity contribution is 5.94. The lowest BCUT2D eigenvalue weighted by Crippen LogP contribution is -2.10. The fourth-order valence-electron chi connectivity index (χ4n) is 2.14. The number of hydrogen-bond acceptors (Lipinski definition) is 2. The van der Waals surface area contributed by atoms with Gasteiger partial charge in [-0.05, 0) is 31.4 Å². The molecule has 0 amide bonds. The summed E-state index contributed by atoms with van der Waals surface area (Å²) in [6.45, 7) is 4.81. The summed E-state index contributed by atoms with van der Waals surface area (Å²) in [5.74, 6) is 0.179. The molecule has 0 atom stereocenters. The fourth-order valence-corrected chi connectivity index (χ4v) is 2.14. The van der Waals surface area contributed by atoms with Gasteiger partial charge >= 0.3 is 0 Å². The molecule has 0 saturated heterocycles. The Morgan fingerprint density at radius 2 is 1.95 bits per heavy atom. The number of aromatic nitrogens is 2. The second kappa shape index (κ2) is 6.32. The van der Waals surface area contributed by atoms with Crippen LogP contribution in [0.15, 0.2) is 36.4 Å². The van der Waals surface area contributed by atoms with Gasteiger partial charge in [-0.2, -0.15) is 5.10 Å². The van der Waals surface area contributed by atoms with Gasteiger partial charge in [-0.15, -0.1) is 0 Å². The van der Waals surface area contributed by atoms with Gasteiger partial charge in [-0.3, -0.25) is 9.48 Å². The Kier molecular flexibility index (Phi) is 4.50. The molecule has 3 nitrogen and oxygen atoms in total. The molecule has 19 heavy (non-hydrogen) atoms. The number of hydrogen-bond donors (Lipinski definition) is 0. The van der Waals surface area contributed by atoms with E-state index in [0.717, 1.165) is 30.8 Å². The number of nitrogens with zero attached hydrogens (tertiary/aromatic N) is 2. The van der Waals surface area contributed by atoms with E-state index in [-0.39, 0.29) is 5.78 Å². The Balaban J connectivity index is 2.05. The predicted octanol–water partition coefficient (Wildman–Crippen LogP) is 3.28.